The molecule has 136 valence electrons. The molecule has 0 fully saturated rings. The predicted octanol–water partition coefficient (Wildman–Crippen LogP) is 3.11. The summed E-state index contributed by atoms with van der Waals surface area (Å²) in [6.07, 6.45) is 0. The third-order valence-corrected chi connectivity index (χ3v) is 3.63. The van der Waals surface area contributed by atoms with E-state index in [1.165, 1.54) is 32.2 Å². The Morgan fingerprint density at radius 1 is 1.15 bits per heavy atom. The van der Waals surface area contributed by atoms with Crippen LogP contribution in [0.4, 0.5) is 17.1 Å². The van der Waals surface area contributed by atoms with Crippen molar-refractivity contribution in [3.63, 3.8) is 0 Å². The topological polar surface area (TPSA) is 111 Å². The smallest absolute Gasteiger partial charge is 0.293 e. The van der Waals surface area contributed by atoms with Gasteiger partial charge in [-0.1, -0.05) is 12.1 Å². The Bertz CT molecular complexity index is 835. The summed E-state index contributed by atoms with van der Waals surface area (Å²) >= 11 is 0. The van der Waals surface area contributed by atoms with E-state index in [2.05, 4.69) is 10.6 Å². The van der Waals surface area contributed by atoms with E-state index in [1.807, 2.05) is 0 Å². The van der Waals surface area contributed by atoms with Gasteiger partial charge in [-0.25, -0.2) is 0 Å². The third kappa shape index (κ3) is 4.64. The lowest BCUT2D eigenvalue weighted by atomic mass is 10.1. The number of benzene rings is 2. The van der Waals surface area contributed by atoms with E-state index >= 15 is 0 Å². The quantitative estimate of drug-likeness (QED) is 0.325. The number of para-hydroxylation sites is 1. The molecule has 0 aliphatic rings. The van der Waals surface area contributed by atoms with Crippen LogP contribution >= 0.6 is 0 Å². The maximum atomic E-state index is 12.4. The van der Waals surface area contributed by atoms with Gasteiger partial charge >= 0.3 is 0 Å². The van der Waals surface area contributed by atoms with Crippen molar-refractivity contribution in [1.82, 2.24) is 0 Å². The lowest BCUT2D eigenvalue weighted by molar-refractivity contribution is -0.384. The van der Waals surface area contributed by atoms with Crippen molar-refractivity contribution in [3.05, 3.63) is 63.7 Å². The van der Waals surface area contributed by atoms with E-state index in [0.717, 1.165) is 0 Å². The molecule has 26 heavy (non-hydrogen) atoms. The third-order valence-electron chi connectivity index (χ3n) is 3.63. The highest BCUT2D eigenvalue weighted by molar-refractivity contribution is 6.09. The van der Waals surface area contributed by atoms with Gasteiger partial charge in [-0.3, -0.25) is 19.7 Å². The fourth-order valence-corrected chi connectivity index (χ4v) is 2.35. The van der Waals surface area contributed by atoms with Crippen molar-refractivity contribution in [2.45, 2.75) is 6.92 Å². The van der Waals surface area contributed by atoms with Gasteiger partial charge in [0, 0.05) is 30.8 Å². The van der Waals surface area contributed by atoms with Crippen molar-refractivity contribution >= 4 is 28.8 Å². The molecule has 8 nitrogen and oxygen atoms in total. The standard InChI is InChI=1S/C18H19N3O5/c1-12(22)14-5-3-4-6-15(14)20-18(23)13-7-8-16(19-9-10-26-2)17(11-13)21(24)25/h3-8,11,19H,9-10H2,1-2H3,(H,20,23). The van der Waals surface area contributed by atoms with Crippen LogP contribution in [0.25, 0.3) is 0 Å². The van der Waals surface area contributed by atoms with E-state index in [4.69, 9.17) is 4.74 Å². The van der Waals surface area contributed by atoms with Gasteiger partial charge in [0.05, 0.1) is 17.2 Å². The number of nitrogens with zero attached hydrogens (tertiary/aromatic N) is 1. The van der Waals surface area contributed by atoms with Crippen LogP contribution in [0.5, 0.6) is 0 Å². The van der Waals surface area contributed by atoms with E-state index < -0.39 is 10.8 Å². The van der Waals surface area contributed by atoms with Crippen molar-refractivity contribution in [1.29, 1.82) is 0 Å². The van der Waals surface area contributed by atoms with Crippen LogP contribution in [0.2, 0.25) is 0 Å². The summed E-state index contributed by atoms with van der Waals surface area (Å²) < 4.78 is 4.90. The average molecular weight is 357 g/mol. The number of carbonyl (C=O) groups is 2. The molecule has 0 aromatic heterocycles. The number of Topliss-reactive ketones (excluding diaryl/α,β-unsaturated/α-hetero) is 1. The number of hydrogen-bond acceptors (Lipinski definition) is 6. The zero-order valence-corrected chi connectivity index (χ0v) is 14.4. The molecule has 0 atom stereocenters. The summed E-state index contributed by atoms with van der Waals surface area (Å²) in [5, 5.41) is 16.8. The molecule has 0 bridgehead atoms. The highest BCUT2D eigenvalue weighted by Crippen LogP contribution is 2.26. The predicted molar refractivity (Wildman–Crippen MR) is 97.9 cm³/mol. The number of methoxy groups -OCH3 is 1. The minimum absolute atomic E-state index is 0.118. The molecule has 0 spiro atoms. The molecular formula is C18H19N3O5. The summed E-state index contributed by atoms with van der Waals surface area (Å²) in [4.78, 5) is 34.8. The van der Waals surface area contributed by atoms with Crippen LogP contribution in [0, 0.1) is 10.1 Å². The van der Waals surface area contributed by atoms with Crippen molar-refractivity contribution in [2.75, 3.05) is 30.9 Å². The molecule has 0 radical (unpaired) electrons. The summed E-state index contributed by atoms with van der Waals surface area (Å²) in [6, 6.07) is 10.7. The molecule has 0 saturated carbocycles. The molecule has 2 N–H and O–H groups in total. The minimum Gasteiger partial charge on any atom is -0.383 e. The van der Waals surface area contributed by atoms with Crippen LogP contribution in [-0.4, -0.2) is 36.9 Å². The number of nitro groups is 1. The number of rotatable bonds is 8. The molecule has 0 heterocycles. The van der Waals surface area contributed by atoms with Crippen LogP contribution in [-0.2, 0) is 4.74 Å². The molecule has 0 saturated heterocycles. The molecule has 0 unspecified atom stereocenters. The number of ketones is 1. The molecule has 0 aliphatic heterocycles. The van der Waals surface area contributed by atoms with E-state index in [9.17, 15) is 19.7 Å². The first-order valence-electron chi connectivity index (χ1n) is 7.86. The number of hydrogen-bond donors (Lipinski definition) is 2. The first-order valence-corrected chi connectivity index (χ1v) is 7.86. The Hall–Kier alpha value is -3.26. The Morgan fingerprint density at radius 2 is 1.88 bits per heavy atom. The second kappa shape index (κ2) is 8.72. The Balaban J connectivity index is 2.25. The second-order valence-electron chi connectivity index (χ2n) is 5.46. The fourth-order valence-electron chi connectivity index (χ4n) is 2.35. The minimum atomic E-state index is -0.560. The number of ether oxygens (including phenoxy) is 1. The summed E-state index contributed by atoms with van der Waals surface area (Å²) in [6.45, 7) is 2.19. The molecule has 2 aromatic carbocycles. The molecule has 8 heteroatoms. The number of amides is 1. The number of nitro benzene ring substituents is 1. The van der Waals surface area contributed by atoms with Crippen molar-refractivity contribution in [3.8, 4) is 0 Å². The van der Waals surface area contributed by atoms with Crippen molar-refractivity contribution in [2.24, 2.45) is 0 Å². The highest BCUT2D eigenvalue weighted by Gasteiger charge is 2.18. The van der Waals surface area contributed by atoms with Crippen molar-refractivity contribution < 1.29 is 19.2 Å². The van der Waals surface area contributed by atoms with Gasteiger partial charge in [-0.15, -0.1) is 0 Å². The zero-order valence-electron chi connectivity index (χ0n) is 14.4. The first kappa shape index (κ1) is 19.1. The van der Waals surface area contributed by atoms with Crippen LogP contribution in [0.15, 0.2) is 42.5 Å². The Morgan fingerprint density at radius 3 is 2.54 bits per heavy atom. The summed E-state index contributed by atoms with van der Waals surface area (Å²) in [5.41, 5.74) is 0.928. The number of carbonyl (C=O) groups excluding carboxylic acids is 2. The second-order valence-corrected chi connectivity index (χ2v) is 5.46. The monoisotopic (exact) mass is 357 g/mol. The van der Waals surface area contributed by atoms with E-state index in [0.29, 0.717) is 30.1 Å². The molecule has 2 rings (SSSR count). The zero-order chi connectivity index (χ0) is 19.1. The summed E-state index contributed by atoms with van der Waals surface area (Å²) in [5.74, 6) is -0.727. The van der Waals surface area contributed by atoms with Gasteiger partial charge in [0.2, 0.25) is 0 Å². The Kier molecular flexibility index (Phi) is 6.40. The maximum Gasteiger partial charge on any atom is 0.293 e. The van der Waals surface area contributed by atoms with Crippen LogP contribution in [0.1, 0.15) is 27.6 Å². The van der Waals surface area contributed by atoms with Gasteiger partial charge in [-0.05, 0) is 31.2 Å². The normalized spacial score (nSPS) is 10.2. The SMILES string of the molecule is COCCNc1ccc(C(=O)Nc2ccccc2C(C)=O)cc1[N+](=O)[O-]. The van der Waals surface area contributed by atoms with Crippen LogP contribution < -0.4 is 10.6 Å². The largest absolute Gasteiger partial charge is 0.383 e. The average Bonchev–Trinajstić information content (AvgIpc) is 2.62. The maximum absolute atomic E-state index is 12.4. The van der Waals surface area contributed by atoms with Gasteiger partial charge < -0.3 is 15.4 Å². The fraction of sp³-hybridized carbons (Fsp3) is 0.222. The molecule has 0 aliphatic carbocycles. The lowest BCUT2D eigenvalue weighted by Crippen LogP contribution is -2.15. The summed E-state index contributed by atoms with van der Waals surface area (Å²) in [7, 11) is 1.53. The van der Waals surface area contributed by atoms with Gasteiger partial charge in [0.1, 0.15) is 5.69 Å². The van der Waals surface area contributed by atoms with Gasteiger partial charge in [0.25, 0.3) is 11.6 Å². The van der Waals surface area contributed by atoms with Gasteiger partial charge in [-0.2, -0.15) is 0 Å². The highest BCUT2D eigenvalue weighted by atomic mass is 16.6. The first-order chi connectivity index (χ1) is 12.4. The number of anilines is 2. The molecule has 2 aromatic rings. The van der Waals surface area contributed by atoms with E-state index in [1.54, 1.807) is 24.3 Å². The Labute approximate surface area is 150 Å². The number of nitrogens with one attached hydrogen (secondary N) is 2. The van der Waals surface area contributed by atoms with Gasteiger partial charge in [0.15, 0.2) is 5.78 Å². The molecular weight excluding hydrogens is 338 g/mol. The molecule has 1 amide bonds. The van der Waals surface area contributed by atoms with Crippen LogP contribution in [0.3, 0.4) is 0 Å². The van der Waals surface area contributed by atoms with E-state index in [-0.39, 0.29) is 17.0 Å². The lowest BCUT2D eigenvalue weighted by Gasteiger charge is -2.10.